The van der Waals surface area contributed by atoms with Gasteiger partial charge in [-0.25, -0.2) is 0 Å². The fraction of sp³-hybridized carbons (Fsp3) is 0.269. The standard InChI is InChI=1S/C26H28N4O2/c27-23-8-4-5-9-24(23)30(26(32)21-6-2-1-3-7-21)18-19-10-12-22(13-11-19)29-25(31)20-14-16-28-17-15-20/h1-3,6-7,10-17,23-24H,4-5,8-9,18,27H2,(H,29,31). The zero-order valence-corrected chi connectivity index (χ0v) is 18.0. The normalized spacial score (nSPS) is 18.0. The van der Waals surface area contributed by atoms with Crippen molar-refractivity contribution in [2.75, 3.05) is 5.32 Å². The molecule has 2 unspecified atom stereocenters. The molecule has 6 nitrogen and oxygen atoms in total. The number of nitrogens with two attached hydrogens (primary N) is 1. The van der Waals surface area contributed by atoms with Gasteiger partial charge < -0.3 is 16.0 Å². The maximum Gasteiger partial charge on any atom is 0.255 e. The monoisotopic (exact) mass is 428 g/mol. The summed E-state index contributed by atoms with van der Waals surface area (Å²) in [5, 5.41) is 2.89. The number of benzene rings is 2. The molecule has 6 heteroatoms. The summed E-state index contributed by atoms with van der Waals surface area (Å²) in [7, 11) is 0. The van der Waals surface area contributed by atoms with Gasteiger partial charge in [-0.3, -0.25) is 14.6 Å². The molecule has 0 saturated heterocycles. The van der Waals surface area contributed by atoms with Crippen LogP contribution in [-0.4, -0.2) is 33.8 Å². The van der Waals surface area contributed by atoms with Crippen LogP contribution in [0.2, 0.25) is 0 Å². The van der Waals surface area contributed by atoms with Crippen LogP contribution in [0.25, 0.3) is 0 Å². The van der Waals surface area contributed by atoms with Gasteiger partial charge in [-0.05, 0) is 54.8 Å². The second-order valence-corrected chi connectivity index (χ2v) is 8.20. The average molecular weight is 429 g/mol. The van der Waals surface area contributed by atoms with E-state index in [0.29, 0.717) is 23.4 Å². The molecule has 1 aliphatic rings. The quantitative estimate of drug-likeness (QED) is 0.614. The van der Waals surface area contributed by atoms with E-state index in [-0.39, 0.29) is 23.9 Å². The minimum absolute atomic E-state index is 0.00279. The first-order chi connectivity index (χ1) is 15.6. The number of nitrogens with zero attached hydrogens (tertiary/aromatic N) is 2. The van der Waals surface area contributed by atoms with Crippen molar-refractivity contribution in [2.24, 2.45) is 5.73 Å². The summed E-state index contributed by atoms with van der Waals surface area (Å²) in [6, 6.07) is 20.3. The van der Waals surface area contributed by atoms with E-state index in [0.717, 1.165) is 31.2 Å². The van der Waals surface area contributed by atoms with E-state index in [1.165, 1.54) is 0 Å². The lowest BCUT2D eigenvalue weighted by Crippen LogP contribution is -2.51. The van der Waals surface area contributed by atoms with Gasteiger partial charge in [0.15, 0.2) is 0 Å². The predicted molar refractivity (Wildman–Crippen MR) is 125 cm³/mol. The van der Waals surface area contributed by atoms with Crippen molar-refractivity contribution in [1.82, 2.24) is 9.88 Å². The van der Waals surface area contributed by atoms with Crippen LogP contribution in [0.4, 0.5) is 5.69 Å². The summed E-state index contributed by atoms with van der Waals surface area (Å²) in [4.78, 5) is 31.6. The number of nitrogens with one attached hydrogen (secondary N) is 1. The average Bonchev–Trinajstić information content (AvgIpc) is 2.85. The van der Waals surface area contributed by atoms with E-state index < -0.39 is 0 Å². The number of hydrogen-bond donors (Lipinski definition) is 2. The molecule has 1 aromatic heterocycles. The van der Waals surface area contributed by atoms with Crippen LogP contribution in [-0.2, 0) is 6.54 Å². The largest absolute Gasteiger partial charge is 0.330 e. The molecule has 3 aromatic rings. The number of amides is 2. The molecule has 4 rings (SSSR count). The number of anilines is 1. The third kappa shape index (κ3) is 5.21. The molecule has 2 amide bonds. The fourth-order valence-corrected chi connectivity index (χ4v) is 4.21. The molecule has 0 aliphatic heterocycles. The van der Waals surface area contributed by atoms with E-state index in [2.05, 4.69) is 10.3 Å². The fourth-order valence-electron chi connectivity index (χ4n) is 4.21. The van der Waals surface area contributed by atoms with E-state index in [1.807, 2.05) is 59.5 Å². The minimum atomic E-state index is -0.186. The second-order valence-electron chi connectivity index (χ2n) is 8.20. The van der Waals surface area contributed by atoms with Crippen LogP contribution < -0.4 is 11.1 Å². The first-order valence-electron chi connectivity index (χ1n) is 11.0. The molecule has 1 fully saturated rings. The Bertz CT molecular complexity index is 1040. The van der Waals surface area contributed by atoms with Crippen LogP contribution >= 0.6 is 0 Å². The number of rotatable bonds is 6. The minimum Gasteiger partial charge on any atom is -0.330 e. The van der Waals surface area contributed by atoms with Gasteiger partial charge in [-0.2, -0.15) is 0 Å². The maximum atomic E-state index is 13.4. The number of aromatic nitrogens is 1. The van der Waals surface area contributed by atoms with Crippen LogP contribution in [0.3, 0.4) is 0 Å². The first-order valence-corrected chi connectivity index (χ1v) is 11.0. The summed E-state index contributed by atoms with van der Waals surface area (Å²) >= 11 is 0. The van der Waals surface area contributed by atoms with Crippen molar-refractivity contribution in [3.8, 4) is 0 Å². The molecular formula is C26H28N4O2. The SMILES string of the molecule is NC1CCCCC1N(Cc1ccc(NC(=O)c2ccncc2)cc1)C(=O)c1ccccc1. The van der Waals surface area contributed by atoms with Gasteiger partial charge in [-0.1, -0.05) is 43.2 Å². The second kappa shape index (κ2) is 10.2. The van der Waals surface area contributed by atoms with Gasteiger partial charge >= 0.3 is 0 Å². The van der Waals surface area contributed by atoms with E-state index in [9.17, 15) is 9.59 Å². The highest BCUT2D eigenvalue weighted by atomic mass is 16.2. The molecule has 164 valence electrons. The third-order valence-electron chi connectivity index (χ3n) is 5.97. The lowest BCUT2D eigenvalue weighted by atomic mass is 9.89. The van der Waals surface area contributed by atoms with Crippen molar-refractivity contribution in [3.63, 3.8) is 0 Å². The number of pyridine rings is 1. The Kier molecular flexibility index (Phi) is 6.92. The highest BCUT2D eigenvalue weighted by molar-refractivity contribution is 6.04. The van der Waals surface area contributed by atoms with E-state index in [1.54, 1.807) is 24.5 Å². The molecule has 1 aliphatic carbocycles. The molecule has 0 spiro atoms. The van der Waals surface area contributed by atoms with Crippen molar-refractivity contribution >= 4 is 17.5 Å². The van der Waals surface area contributed by atoms with E-state index >= 15 is 0 Å². The number of carbonyl (C=O) groups is 2. The first kappa shape index (κ1) is 21.7. The Morgan fingerprint density at radius 2 is 1.59 bits per heavy atom. The van der Waals surface area contributed by atoms with Gasteiger partial charge in [-0.15, -0.1) is 0 Å². The molecule has 2 aromatic carbocycles. The number of carbonyl (C=O) groups excluding carboxylic acids is 2. The van der Waals surface area contributed by atoms with Crippen LogP contribution in [0.1, 0.15) is 52.0 Å². The lowest BCUT2D eigenvalue weighted by Gasteiger charge is -2.38. The molecule has 0 bridgehead atoms. The van der Waals surface area contributed by atoms with Crippen molar-refractivity contribution in [2.45, 2.75) is 44.3 Å². The Morgan fingerprint density at radius 1 is 0.906 bits per heavy atom. The smallest absolute Gasteiger partial charge is 0.255 e. The van der Waals surface area contributed by atoms with Crippen molar-refractivity contribution < 1.29 is 9.59 Å². The molecule has 0 radical (unpaired) electrons. The molecule has 3 N–H and O–H groups in total. The molecule has 32 heavy (non-hydrogen) atoms. The summed E-state index contributed by atoms with van der Waals surface area (Å²) in [6.07, 6.45) is 7.22. The zero-order valence-electron chi connectivity index (χ0n) is 18.0. The highest BCUT2D eigenvalue weighted by Gasteiger charge is 2.31. The number of hydrogen-bond acceptors (Lipinski definition) is 4. The molecule has 1 heterocycles. The Labute approximate surface area is 188 Å². The van der Waals surface area contributed by atoms with Gasteiger partial charge in [0, 0.05) is 47.8 Å². The van der Waals surface area contributed by atoms with Crippen molar-refractivity contribution in [1.29, 1.82) is 0 Å². The Morgan fingerprint density at radius 3 is 2.28 bits per heavy atom. The molecule has 1 saturated carbocycles. The van der Waals surface area contributed by atoms with E-state index in [4.69, 9.17) is 5.73 Å². The van der Waals surface area contributed by atoms with Crippen LogP contribution in [0.5, 0.6) is 0 Å². The van der Waals surface area contributed by atoms with Crippen LogP contribution in [0, 0.1) is 0 Å². The predicted octanol–water partition coefficient (Wildman–Crippen LogP) is 4.25. The summed E-state index contributed by atoms with van der Waals surface area (Å²) in [5.74, 6) is -0.183. The molecular weight excluding hydrogens is 400 g/mol. The zero-order chi connectivity index (χ0) is 22.3. The highest BCUT2D eigenvalue weighted by Crippen LogP contribution is 2.26. The summed E-state index contributed by atoms with van der Waals surface area (Å²) in [5.41, 5.74) is 9.36. The summed E-state index contributed by atoms with van der Waals surface area (Å²) < 4.78 is 0. The van der Waals surface area contributed by atoms with Gasteiger partial charge in [0.25, 0.3) is 11.8 Å². The Balaban J connectivity index is 1.50. The van der Waals surface area contributed by atoms with Gasteiger partial charge in [0.2, 0.25) is 0 Å². The summed E-state index contributed by atoms with van der Waals surface area (Å²) in [6.45, 7) is 0.477. The molecule has 2 atom stereocenters. The third-order valence-corrected chi connectivity index (χ3v) is 5.97. The van der Waals surface area contributed by atoms with Crippen molar-refractivity contribution in [3.05, 3.63) is 95.8 Å². The Hall–Kier alpha value is -3.51. The topological polar surface area (TPSA) is 88.3 Å². The van der Waals surface area contributed by atoms with Crippen LogP contribution in [0.15, 0.2) is 79.1 Å². The maximum absolute atomic E-state index is 13.4. The van der Waals surface area contributed by atoms with Gasteiger partial charge in [0.05, 0.1) is 0 Å². The van der Waals surface area contributed by atoms with Gasteiger partial charge in [0.1, 0.15) is 0 Å². The lowest BCUT2D eigenvalue weighted by molar-refractivity contribution is 0.0583.